The van der Waals surface area contributed by atoms with E-state index in [0.717, 1.165) is 49.4 Å². The number of carbonyl (C=O) groups excluding carboxylic acids is 1. The van der Waals surface area contributed by atoms with Crippen molar-refractivity contribution in [3.8, 4) is 5.75 Å². The van der Waals surface area contributed by atoms with Crippen LogP contribution in [0.15, 0.2) is 83.8 Å². The number of ether oxygens (including phenoxy) is 1. The summed E-state index contributed by atoms with van der Waals surface area (Å²) < 4.78 is 34.5. The van der Waals surface area contributed by atoms with Gasteiger partial charge in [-0.2, -0.15) is 4.31 Å². The molecule has 0 saturated carbocycles. The van der Waals surface area contributed by atoms with E-state index in [-0.39, 0.29) is 16.2 Å². The molecule has 212 valence electrons. The van der Waals surface area contributed by atoms with Gasteiger partial charge in [-0.15, -0.1) is 0 Å². The number of anilines is 1. The van der Waals surface area contributed by atoms with E-state index in [1.165, 1.54) is 6.07 Å². The number of halogens is 1. The molecule has 0 aliphatic carbocycles. The van der Waals surface area contributed by atoms with E-state index in [2.05, 4.69) is 10.2 Å². The zero-order chi connectivity index (χ0) is 28.4. The average molecular weight is 582 g/mol. The maximum Gasteiger partial charge on any atom is 0.243 e. The summed E-state index contributed by atoms with van der Waals surface area (Å²) in [4.78, 5) is 15.2. The van der Waals surface area contributed by atoms with E-state index in [0.29, 0.717) is 24.7 Å². The summed E-state index contributed by atoms with van der Waals surface area (Å²) >= 11 is 6.09. The Balaban J connectivity index is 1.12. The Labute approximate surface area is 242 Å². The third-order valence-corrected chi connectivity index (χ3v) is 10.3. The molecule has 0 atom stereocenters. The lowest BCUT2D eigenvalue weighted by atomic mass is 9.74. The molecule has 2 heterocycles. The number of carbonyl (C=O) groups is 1. The first-order valence-corrected chi connectivity index (χ1v) is 15.4. The molecule has 9 heteroatoms. The van der Waals surface area contributed by atoms with Gasteiger partial charge in [-0.05, 0) is 99.6 Å². The Kier molecular flexibility index (Phi) is 8.25. The molecule has 1 N–H and O–H groups in total. The highest BCUT2D eigenvalue weighted by Gasteiger charge is 2.53. The van der Waals surface area contributed by atoms with Crippen LogP contribution in [0.5, 0.6) is 5.75 Å². The maximum absolute atomic E-state index is 13.5. The molecule has 0 radical (unpaired) electrons. The molecule has 2 aliphatic heterocycles. The van der Waals surface area contributed by atoms with Gasteiger partial charge in [-0.25, -0.2) is 8.42 Å². The highest BCUT2D eigenvalue weighted by atomic mass is 35.5. The van der Waals surface area contributed by atoms with Gasteiger partial charge in [0.05, 0.1) is 11.4 Å². The monoisotopic (exact) mass is 581 g/mol. The summed E-state index contributed by atoms with van der Waals surface area (Å²) in [5.74, 6) is 0.680. The Morgan fingerprint density at radius 3 is 2.35 bits per heavy atom. The molecule has 1 amide bonds. The highest BCUT2D eigenvalue weighted by Crippen LogP contribution is 2.49. The zero-order valence-corrected chi connectivity index (χ0v) is 24.5. The van der Waals surface area contributed by atoms with Crippen LogP contribution >= 0.6 is 11.6 Å². The Hall–Kier alpha value is -2.91. The van der Waals surface area contributed by atoms with Crippen LogP contribution in [-0.2, 0) is 21.4 Å². The number of sulfonamides is 1. The third-order valence-electron chi connectivity index (χ3n) is 8.02. The van der Waals surface area contributed by atoms with Crippen LogP contribution in [0.2, 0.25) is 5.02 Å². The predicted octanol–water partition coefficient (Wildman–Crippen LogP) is 5.81. The van der Waals surface area contributed by atoms with Crippen molar-refractivity contribution in [1.29, 1.82) is 0 Å². The quantitative estimate of drug-likeness (QED) is 0.363. The van der Waals surface area contributed by atoms with Crippen LogP contribution in [0.4, 0.5) is 5.69 Å². The second-order valence-electron chi connectivity index (χ2n) is 11.6. The molecule has 0 unspecified atom stereocenters. The van der Waals surface area contributed by atoms with Crippen molar-refractivity contribution < 1.29 is 17.9 Å². The SMILES string of the molecule is CC1(C)CC2(CCN(CC(=O)Nc3ccc(OCc4ccccc4)cc3)CC2)CN1S(=O)(=O)c1cccc(Cl)c1. The molecule has 0 bridgehead atoms. The van der Waals surface area contributed by atoms with Crippen LogP contribution in [0.25, 0.3) is 0 Å². The van der Waals surface area contributed by atoms with Crippen molar-refractivity contribution in [2.75, 3.05) is 31.5 Å². The summed E-state index contributed by atoms with van der Waals surface area (Å²) in [5, 5.41) is 3.39. The third kappa shape index (κ3) is 6.52. The minimum atomic E-state index is -3.67. The van der Waals surface area contributed by atoms with E-state index >= 15 is 0 Å². The minimum Gasteiger partial charge on any atom is -0.489 e. The Morgan fingerprint density at radius 1 is 0.975 bits per heavy atom. The number of nitrogens with zero attached hydrogens (tertiary/aromatic N) is 2. The molecule has 1 spiro atoms. The molecule has 2 saturated heterocycles. The van der Waals surface area contributed by atoms with Crippen molar-refractivity contribution in [2.24, 2.45) is 5.41 Å². The van der Waals surface area contributed by atoms with Crippen molar-refractivity contribution in [1.82, 2.24) is 9.21 Å². The first-order chi connectivity index (χ1) is 19.0. The number of hydrogen-bond donors (Lipinski definition) is 1. The first kappa shape index (κ1) is 28.6. The fourth-order valence-electron chi connectivity index (χ4n) is 6.04. The van der Waals surface area contributed by atoms with Crippen LogP contribution in [0, 0.1) is 5.41 Å². The van der Waals surface area contributed by atoms with E-state index < -0.39 is 15.6 Å². The minimum absolute atomic E-state index is 0.0641. The number of amides is 1. The van der Waals surface area contributed by atoms with E-state index in [9.17, 15) is 13.2 Å². The van der Waals surface area contributed by atoms with E-state index in [1.807, 2.05) is 68.4 Å². The second-order valence-corrected chi connectivity index (χ2v) is 13.9. The normalized spacial score (nSPS) is 19.0. The van der Waals surface area contributed by atoms with Crippen molar-refractivity contribution in [2.45, 2.75) is 50.2 Å². The molecule has 3 aromatic carbocycles. The summed E-state index contributed by atoms with van der Waals surface area (Å²) in [6.07, 6.45) is 2.48. The van der Waals surface area contributed by atoms with Gasteiger partial charge in [0.2, 0.25) is 15.9 Å². The lowest BCUT2D eigenvalue weighted by Gasteiger charge is -2.39. The lowest BCUT2D eigenvalue weighted by molar-refractivity contribution is -0.117. The topological polar surface area (TPSA) is 79.0 Å². The molecule has 3 aromatic rings. The Morgan fingerprint density at radius 2 is 1.68 bits per heavy atom. The van der Waals surface area contributed by atoms with E-state index in [1.54, 1.807) is 22.5 Å². The summed E-state index contributed by atoms with van der Waals surface area (Å²) in [6, 6.07) is 23.9. The van der Waals surface area contributed by atoms with Gasteiger partial charge >= 0.3 is 0 Å². The molecular weight excluding hydrogens is 546 g/mol. The fraction of sp³-hybridized carbons (Fsp3) is 0.387. The van der Waals surface area contributed by atoms with Gasteiger partial charge in [0.1, 0.15) is 12.4 Å². The van der Waals surface area contributed by atoms with Gasteiger partial charge in [0.25, 0.3) is 0 Å². The van der Waals surface area contributed by atoms with Gasteiger partial charge in [0.15, 0.2) is 0 Å². The maximum atomic E-state index is 13.5. The number of hydrogen-bond acceptors (Lipinski definition) is 5. The number of rotatable bonds is 8. The van der Waals surface area contributed by atoms with Crippen molar-refractivity contribution in [3.05, 3.63) is 89.4 Å². The first-order valence-electron chi connectivity index (χ1n) is 13.6. The average Bonchev–Trinajstić information content (AvgIpc) is 3.20. The van der Waals surface area contributed by atoms with Crippen LogP contribution < -0.4 is 10.1 Å². The smallest absolute Gasteiger partial charge is 0.243 e. The molecular formula is C31H36ClN3O4S. The van der Waals surface area contributed by atoms with Crippen molar-refractivity contribution >= 4 is 33.2 Å². The number of likely N-dealkylation sites (tertiary alicyclic amines) is 1. The van der Waals surface area contributed by atoms with Gasteiger partial charge in [-0.1, -0.05) is 48.0 Å². The number of nitrogens with one attached hydrogen (secondary N) is 1. The Bertz CT molecular complexity index is 1440. The molecule has 2 aliphatic rings. The molecule has 0 aromatic heterocycles. The number of benzene rings is 3. The largest absolute Gasteiger partial charge is 0.489 e. The second kappa shape index (κ2) is 11.5. The van der Waals surface area contributed by atoms with Gasteiger partial charge < -0.3 is 10.1 Å². The van der Waals surface area contributed by atoms with Crippen LogP contribution in [-0.4, -0.2) is 55.2 Å². The van der Waals surface area contributed by atoms with Gasteiger partial charge in [0, 0.05) is 22.8 Å². The number of piperidine rings is 1. The predicted molar refractivity (Wildman–Crippen MR) is 158 cm³/mol. The van der Waals surface area contributed by atoms with E-state index in [4.69, 9.17) is 16.3 Å². The lowest BCUT2D eigenvalue weighted by Crippen LogP contribution is -2.45. The summed E-state index contributed by atoms with van der Waals surface area (Å²) in [6.45, 7) is 6.78. The van der Waals surface area contributed by atoms with Crippen LogP contribution in [0.1, 0.15) is 38.7 Å². The fourth-order valence-corrected chi connectivity index (χ4v) is 8.24. The van der Waals surface area contributed by atoms with Crippen molar-refractivity contribution in [3.63, 3.8) is 0 Å². The molecule has 5 rings (SSSR count). The molecule has 2 fully saturated rings. The van der Waals surface area contributed by atoms with Gasteiger partial charge in [-0.3, -0.25) is 9.69 Å². The summed E-state index contributed by atoms with van der Waals surface area (Å²) in [7, 11) is -3.67. The standard InChI is InChI=1S/C31H36ClN3O4S/c1-30(2)22-31(23-35(30)40(37,38)28-10-6-9-25(32)19-28)15-17-34(18-16-31)20-29(36)33-26-11-13-27(14-12-26)39-21-24-7-4-3-5-8-24/h3-14,19H,15-18,20-23H2,1-2H3,(H,33,36). The van der Waals surface area contributed by atoms with Crippen LogP contribution in [0.3, 0.4) is 0 Å². The zero-order valence-electron chi connectivity index (χ0n) is 23.0. The highest BCUT2D eigenvalue weighted by molar-refractivity contribution is 7.89. The summed E-state index contributed by atoms with van der Waals surface area (Å²) in [5.41, 5.74) is 1.22. The molecule has 40 heavy (non-hydrogen) atoms. The molecule has 7 nitrogen and oxygen atoms in total.